The molecule has 2 aromatic carbocycles. The van der Waals surface area contributed by atoms with Gasteiger partial charge in [0.05, 0.1) is 19.9 Å². The van der Waals surface area contributed by atoms with Gasteiger partial charge < -0.3 is 19.8 Å². The van der Waals surface area contributed by atoms with Crippen molar-refractivity contribution < 1.29 is 14.3 Å². The molecule has 136 valence electrons. The van der Waals surface area contributed by atoms with E-state index in [0.717, 1.165) is 22.2 Å². The number of benzene rings is 2. The van der Waals surface area contributed by atoms with E-state index in [9.17, 15) is 4.79 Å². The topological polar surface area (TPSA) is 92.0 Å². The smallest absolute Gasteiger partial charge is 0.273 e. The summed E-state index contributed by atoms with van der Waals surface area (Å²) < 4.78 is 10.6. The normalized spacial score (nSPS) is 10.7. The Morgan fingerprint density at radius 2 is 1.85 bits per heavy atom. The maximum absolute atomic E-state index is 12.5. The predicted molar refractivity (Wildman–Crippen MR) is 103 cm³/mol. The van der Waals surface area contributed by atoms with E-state index in [4.69, 9.17) is 9.47 Å². The van der Waals surface area contributed by atoms with E-state index in [2.05, 4.69) is 20.5 Å². The maximum atomic E-state index is 12.5. The molecule has 2 heterocycles. The zero-order chi connectivity index (χ0) is 18.8. The largest absolute Gasteiger partial charge is 0.493 e. The molecule has 0 aliphatic carbocycles. The molecule has 7 nitrogen and oxygen atoms in total. The molecular weight excluding hydrogens is 344 g/mol. The fraction of sp³-hybridized carbons (Fsp3) is 0.100. The molecule has 0 aliphatic rings. The van der Waals surface area contributed by atoms with Gasteiger partial charge in [0.15, 0.2) is 11.5 Å². The van der Waals surface area contributed by atoms with E-state index < -0.39 is 0 Å². The summed E-state index contributed by atoms with van der Waals surface area (Å²) in [5.41, 5.74) is 3.56. The van der Waals surface area contributed by atoms with Crippen LogP contribution < -0.4 is 14.8 Å². The third-order valence-electron chi connectivity index (χ3n) is 4.31. The highest BCUT2D eigenvalue weighted by molar-refractivity contribution is 6.04. The van der Waals surface area contributed by atoms with Crippen LogP contribution in [0, 0.1) is 0 Å². The highest BCUT2D eigenvalue weighted by atomic mass is 16.5. The van der Waals surface area contributed by atoms with Crippen LogP contribution in [0.4, 0.5) is 5.69 Å². The zero-order valence-corrected chi connectivity index (χ0v) is 14.9. The Bertz CT molecular complexity index is 1110. The molecule has 4 aromatic rings. The first kappa shape index (κ1) is 16.7. The van der Waals surface area contributed by atoms with Crippen LogP contribution >= 0.6 is 0 Å². The molecule has 0 saturated heterocycles. The van der Waals surface area contributed by atoms with E-state index >= 15 is 0 Å². The fourth-order valence-electron chi connectivity index (χ4n) is 2.91. The summed E-state index contributed by atoms with van der Waals surface area (Å²) in [5, 5.41) is 10.9. The van der Waals surface area contributed by atoms with E-state index in [1.165, 1.54) is 0 Å². The summed E-state index contributed by atoms with van der Waals surface area (Å²) in [6.07, 6.45) is 1.86. The molecule has 1 amide bonds. The summed E-state index contributed by atoms with van der Waals surface area (Å²) in [6, 6.07) is 14.8. The third kappa shape index (κ3) is 3.22. The van der Waals surface area contributed by atoms with Gasteiger partial charge in [0.1, 0.15) is 5.69 Å². The molecule has 0 atom stereocenters. The number of nitrogens with one attached hydrogen (secondary N) is 3. The lowest BCUT2D eigenvalue weighted by Gasteiger charge is -2.08. The van der Waals surface area contributed by atoms with Crippen molar-refractivity contribution >= 4 is 22.5 Å². The average molecular weight is 362 g/mol. The number of carbonyl (C=O) groups is 1. The molecule has 0 spiro atoms. The van der Waals surface area contributed by atoms with E-state index in [1.54, 1.807) is 26.4 Å². The average Bonchev–Trinajstić information content (AvgIpc) is 3.36. The van der Waals surface area contributed by atoms with Crippen LogP contribution in [0.5, 0.6) is 11.5 Å². The van der Waals surface area contributed by atoms with Gasteiger partial charge in [-0.15, -0.1) is 0 Å². The number of fused-ring (bicyclic) bond motifs is 1. The minimum atomic E-state index is -0.260. The van der Waals surface area contributed by atoms with E-state index in [0.29, 0.717) is 22.9 Å². The first-order valence-corrected chi connectivity index (χ1v) is 8.34. The molecule has 0 saturated carbocycles. The van der Waals surface area contributed by atoms with Gasteiger partial charge in [-0.25, -0.2) is 0 Å². The molecule has 0 fully saturated rings. The van der Waals surface area contributed by atoms with Crippen LogP contribution in [0.1, 0.15) is 10.5 Å². The molecular formula is C20H18N4O3. The Morgan fingerprint density at radius 1 is 1.00 bits per heavy atom. The lowest BCUT2D eigenvalue weighted by molar-refractivity contribution is 0.102. The molecule has 0 radical (unpaired) electrons. The fourth-order valence-corrected chi connectivity index (χ4v) is 2.91. The van der Waals surface area contributed by atoms with E-state index in [-0.39, 0.29) is 5.91 Å². The van der Waals surface area contributed by atoms with Crippen molar-refractivity contribution in [1.82, 2.24) is 15.2 Å². The second-order valence-corrected chi connectivity index (χ2v) is 5.97. The first-order valence-electron chi connectivity index (χ1n) is 8.34. The minimum absolute atomic E-state index is 0.260. The second-order valence-electron chi connectivity index (χ2n) is 5.97. The number of ether oxygens (including phenoxy) is 2. The van der Waals surface area contributed by atoms with Crippen LogP contribution in [-0.4, -0.2) is 35.3 Å². The maximum Gasteiger partial charge on any atom is 0.273 e. The number of rotatable bonds is 5. The molecule has 7 heteroatoms. The number of hydrogen-bond acceptors (Lipinski definition) is 4. The highest BCUT2D eigenvalue weighted by Crippen LogP contribution is 2.31. The van der Waals surface area contributed by atoms with Crippen molar-refractivity contribution in [2.24, 2.45) is 0 Å². The highest BCUT2D eigenvalue weighted by Gasteiger charge is 2.13. The Balaban J connectivity index is 1.55. The standard InChI is InChI=1S/C20H18N4O3/c1-26-18-6-3-12(10-19(18)27-2)16-11-17(24-23-16)20(25)22-14-4-5-15-13(9-14)7-8-21-15/h3-11,21H,1-2H3,(H,22,25)(H,23,24). The number of anilines is 1. The SMILES string of the molecule is COc1ccc(-c2cc(C(=O)Nc3ccc4[nH]ccc4c3)[nH]n2)cc1OC. The van der Waals surface area contributed by atoms with Gasteiger partial charge in [-0.05, 0) is 48.5 Å². The summed E-state index contributed by atoms with van der Waals surface area (Å²) in [4.78, 5) is 15.6. The number of nitrogens with zero attached hydrogens (tertiary/aromatic N) is 1. The van der Waals surface area contributed by atoms with E-state index in [1.807, 2.05) is 42.6 Å². The first-order chi connectivity index (χ1) is 13.2. The number of aromatic nitrogens is 3. The number of carbonyl (C=O) groups excluding carboxylic acids is 1. The quantitative estimate of drug-likeness (QED) is 0.503. The Hall–Kier alpha value is -3.74. The van der Waals surface area contributed by atoms with Gasteiger partial charge in [0.2, 0.25) is 0 Å². The van der Waals surface area contributed by atoms with Crippen molar-refractivity contribution in [3.8, 4) is 22.8 Å². The van der Waals surface area contributed by atoms with Crippen molar-refractivity contribution in [2.75, 3.05) is 19.5 Å². The third-order valence-corrected chi connectivity index (χ3v) is 4.31. The number of methoxy groups -OCH3 is 2. The van der Waals surface area contributed by atoms with Gasteiger partial charge in [-0.3, -0.25) is 9.89 Å². The summed E-state index contributed by atoms with van der Waals surface area (Å²) in [5.74, 6) is 0.975. The summed E-state index contributed by atoms with van der Waals surface area (Å²) >= 11 is 0. The van der Waals surface area contributed by atoms with Crippen LogP contribution in [0.3, 0.4) is 0 Å². The molecule has 2 aromatic heterocycles. The number of amides is 1. The Kier molecular flexibility index (Phi) is 4.25. The van der Waals surface area contributed by atoms with Crippen LogP contribution in [0.2, 0.25) is 0 Å². The van der Waals surface area contributed by atoms with Crippen LogP contribution in [-0.2, 0) is 0 Å². The number of H-pyrrole nitrogens is 2. The van der Waals surface area contributed by atoms with Crippen molar-refractivity contribution in [3.05, 3.63) is 60.4 Å². The minimum Gasteiger partial charge on any atom is -0.493 e. The molecule has 3 N–H and O–H groups in total. The zero-order valence-electron chi connectivity index (χ0n) is 14.9. The number of hydrogen-bond donors (Lipinski definition) is 3. The molecule has 4 rings (SSSR count). The van der Waals surface area contributed by atoms with Gasteiger partial charge in [-0.1, -0.05) is 0 Å². The second kappa shape index (κ2) is 6.87. The Labute approximate surface area is 155 Å². The predicted octanol–water partition coefficient (Wildman–Crippen LogP) is 3.83. The molecule has 0 unspecified atom stereocenters. The summed E-state index contributed by atoms with van der Waals surface area (Å²) in [7, 11) is 3.16. The van der Waals surface area contributed by atoms with Crippen molar-refractivity contribution in [3.63, 3.8) is 0 Å². The van der Waals surface area contributed by atoms with Gasteiger partial charge in [-0.2, -0.15) is 5.10 Å². The Morgan fingerprint density at radius 3 is 2.67 bits per heavy atom. The van der Waals surface area contributed by atoms with Crippen LogP contribution in [0.25, 0.3) is 22.2 Å². The van der Waals surface area contributed by atoms with Gasteiger partial charge >= 0.3 is 0 Å². The van der Waals surface area contributed by atoms with Gasteiger partial charge in [0.25, 0.3) is 5.91 Å². The van der Waals surface area contributed by atoms with Crippen molar-refractivity contribution in [2.45, 2.75) is 0 Å². The number of aromatic amines is 2. The monoisotopic (exact) mass is 362 g/mol. The van der Waals surface area contributed by atoms with Crippen molar-refractivity contribution in [1.29, 1.82) is 0 Å². The lowest BCUT2D eigenvalue weighted by atomic mass is 10.1. The summed E-state index contributed by atoms with van der Waals surface area (Å²) in [6.45, 7) is 0. The lowest BCUT2D eigenvalue weighted by Crippen LogP contribution is -2.12. The van der Waals surface area contributed by atoms with Gasteiger partial charge in [0, 0.05) is 28.4 Å². The molecule has 27 heavy (non-hydrogen) atoms. The molecule has 0 bridgehead atoms. The molecule has 0 aliphatic heterocycles. The van der Waals surface area contributed by atoms with Crippen LogP contribution in [0.15, 0.2) is 54.7 Å².